The van der Waals surface area contributed by atoms with Crippen LogP contribution in [0, 0.1) is 0 Å². The van der Waals surface area contributed by atoms with Gasteiger partial charge in [0.05, 0.1) is 22.1 Å². The smallest absolute Gasteiger partial charge is 0.143 e. The lowest BCUT2D eigenvalue weighted by atomic mass is 9.84. The number of nitrogens with zero attached hydrogens (tertiary/aromatic N) is 1. The standard InChI is InChI=1S/C42H27NO2/c1-2-11-26(12-3-1)27-23-24-36-34(25-27)28-13-4-6-19-35(28)43(36)37-20-10-22-39-40(37)33-18-9-17-32(42(33)45-39)31-16-8-15-30-29-14-5-7-21-38(29)44-41(30)31/h1-25,30,41H. The van der Waals surface area contributed by atoms with Gasteiger partial charge in [-0.3, -0.25) is 0 Å². The van der Waals surface area contributed by atoms with Crippen molar-refractivity contribution in [3.05, 3.63) is 163 Å². The van der Waals surface area contributed by atoms with Gasteiger partial charge in [0.25, 0.3) is 0 Å². The van der Waals surface area contributed by atoms with E-state index in [1.165, 1.54) is 38.5 Å². The monoisotopic (exact) mass is 577 g/mol. The summed E-state index contributed by atoms with van der Waals surface area (Å²) in [5.41, 5.74) is 11.1. The third kappa shape index (κ3) is 3.52. The molecule has 0 amide bonds. The van der Waals surface area contributed by atoms with Crippen LogP contribution in [-0.2, 0) is 0 Å². The summed E-state index contributed by atoms with van der Waals surface area (Å²) < 4.78 is 15.7. The first-order valence-electron chi connectivity index (χ1n) is 15.5. The maximum atomic E-state index is 6.77. The van der Waals surface area contributed by atoms with Gasteiger partial charge in [0.15, 0.2) is 0 Å². The number of para-hydroxylation sites is 3. The second kappa shape index (κ2) is 9.35. The molecule has 0 fully saturated rings. The van der Waals surface area contributed by atoms with E-state index in [2.05, 4.69) is 150 Å². The first-order chi connectivity index (χ1) is 22.3. The lowest BCUT2D eigenvalue weighted by Gasteiger charge is -2.23. The average molecular weight is 578 g/mol. The summed E-state index contributed by atoms with van der Waals surface area (Å²) in [5, 5.41) is 4.69. The zero-order valence-electron chi connectivity index (χ0n) is 24.4. The Kier molecular flexibility index (Phi) is 5.11. The van der Waals surface area contributed by atoms with Crippen molar-refractivity contribution in [1.82, 2.24) is 4.57 Å². The molecule has 8 aromatic rings. The van der Waals surface area contributed by atoms with Gasteiger partial charge in [0.1, 0.15) is 23.0 Å². The summed E-state index contributed by atoms with van der Waals surface area (Å²) >= 11 is 0. The summed E-state index contributed by atoms with van der Waals surface area (Å²) in [6.45, 7) is 0. The SMILES string of the molecule is C1=CC2c3ccccc3OC2C(c2cccc3c2oc2cccc(-n4c5ccccc5c5cc(-c6ccccc6)ccc54)c23)=C1. The Morgan fingerprint density at radius 2 is 1.40 bits per heavy atom. The molecule has 45 heavy (non-hydrogen) atoms. The molecule has 2 atom stereocenters. The molecule has 3 heterocycles. The van der Waals surface area contributed by atoms with Crippen LogP contribution in [0.3, 0.4) is 0 Å². The molecule has 0 radical (unpaired) electrons. The Bertz CT molecular complexity index is 2530. The highest BCUT2D eigenvalue weighted by Crippen LogP contribution is 2.48. The van der Waals surface area contributed by atoms with Crippen LogP contribution in [0.5, 0.6) is 5.75 Å². The van der Waals surface area contributed by atoms with Crippen molar-refractivity contribution in [2.24, 2.45) is 0 Å². The van der Waals surface area contributed by atoms with Crippen molar-refractivity contribution in [2.45, 2.75) is 12.0 Å². The van der Waals surface area contributed by atoms with Crippen LogP contribution >= 0.6 is 0 Å². The van der Waals surface area contributed by atoms with E-state index in [0.29, 0.717) is 0 Å². The first-order valence-corrected chi connectivity index (χ1v) is 15.5. The Balaban J connectivity index is 1.19. The van der Waals surface area contributed by atoms with Crippen LogP contribution in [0.25, 0.3) is 66.1 Å². The summed E-state index contributed by atoms with van der Waals surface area (Å²) in [4.78, 5) is 0. The molecule has 3 nitrogen and oxygen atoms in total. The van der Waals surface area contributed by atoms with Crippen LogP contribution in [0.1, 0.15) is 17.0 Å². The minimum Gasteiger partial charge on any atom is -0.484 e. The number of hydrogen-bond acceptors (Lipinski definition) is 2. The summed E-state index contributed by atoms with van der Waals surface area (Å²) in [6.07, 6.45) is 6.52. The molecule has 6 aromatic carbocycles. The van der Waals surface area contributed by atoms with Gasteiger partial charge < -0.3 is 13.7 Å². The van der Waals surface area contributed by atoms with Crippen molar-refractivity contribution in [2.75, 3.05) is 0 Å². The fourth-order valence-electron chi connectivity index (χ4n) is 7.60. The van der Waals surface area contributed by atoms with Gasteiger partial charge in [0.2, 0.25) is 0 Å². The number of ether oxygens (including phenoxy) is 1. The zero-order valence-corrected chi connectivity index (χ0v) is 24.4. The van der Waals surface area contributed by atoms with E-state index in [1.54, 1.807) is 0 Å². The van der Waals surface area contributed by atoms with E-state index in [1.807, 2.05) is 6.07 Å². The predicted octanol–water partition coefficient (Wildman–Crippen LogP) is 10.8. The molecule has 1 aliphatic carbocycles. The molecule has 212 valence electrons. The Hall–Kier alpha value is -5.80. The largest absolute Gasteiger partial charge is 0.484 e. The van der Waals surface area contributed by atoms with Crippen LogP contribution in [-0.4, -0.2) is 10.7 Å². The number of rotatable bonds is 3. The number of fused-ring (bicyclic) bond motifs is 9. The summed E-state index contributed by atoms with van der Waals surface area (Å²) in [6, 6.07) is 47.4. The molecule has 0 saturated heterocycles. The molecular formula is C42H27NO2. The van der Waals surface area contributed by atoms with E-state index in [0.717, 1.165) is 44.5 Å². The van der Waals surface area contributed by atoms with Gasteiger partial charge in [-0.15, -0.1) is 0 Å². The van der Waals surface area contributed by atoms with Crippen molar-refractivity contribution < 1.29 is 9.15 Å². The fraction of sp³-hybridized carbons (Fsp3) is 0.0476. The van der Waals surface area contributed by atoms with Gasteiger partial charge in [-0.2, -0.15) is 0 Å². The predicted molar refractivity (Wildman–Crippen MR) is 184 cm³/mol. The van der Waals surface area contributed by atoms with Gasteiger partial charge in [-0.05, 0) is 47.5 Å². The Labute approximate surface area is 259 Å². The third-order valence-corrected chi connectivity index (χ3v) is 9.59. The van der Waals surface area contributed by atoms with Crippen LogP contribution in [0.4, 0.5) is 0 Å². The van der Waals surface area contributed by atoms with Crippen molar-refractivity contribution in [1.29, 1.82) is 0 Å². The Morgan fingerprint density at radius 3 is 2.36 bits per heavy atom. The second-order valence-electron chi connectivity index (χ2n) is 12.0. The normalized spacial score (nSPS) is 17.1. The highest BCUT2D eigenvalue weighted by Gasteiger charge is 2.37. The lowest BCUT2D eigenvalue weighted by Crippen LogP contribution is -2.21. The summed E-state index contributed by atoms with van der Waals surface area (Å²) in [5.74, 6) is 1.15. The van der Waals surface area contributed by atoms with Crippen molar-refractivity contribution >= 4 is 49.3 Å². The molecule has 3 heteroatoms. The van der Waals surface area contributed by atoms with E-state index >= 15 is 0 Å². The molecule has 1 aliphatic heterocycles. The van der Waals surface area contributed by atoms with E-state index in [9.17, 15) is 0 Å². The number of aromatic nitrogens is 1. The van der Waals surface area contributed by atoms with E-state index in [-0.39, 0.29) is 12.0 Å². The minimum absolute atomic E-state index is 0.0816. The number of benzene rings is 6. The zero-order chi connectivity index (χ0) is 29.5. The molecule has 2 unspecified atom stereocenters. The third-order valence-electron chi connectivity index (χ3n) is 9.59. The minimum atomic E-state index is -0.0816. The first kappa shape index (κ1) is 24.6. The van der Waals surface area contributed by atoms with Crippen molar-refractivity contribution in [3.8, 4) is 22.6 Å². The van der Waals surface area contributed by atoms with Gasteiger partial charge in [-0.1, -0.05) is 115 Å². The molecular weight excluding hydrogens is 550 g/mol. The molecule has 0 spiro atoms. The highest BCUT2D eigenvalue weighted by molar-refractivity contribution is 6.16. The van der Waals surface area contributed by atoms with E-state index in [4.69, 9.17) is 9.15 Å². The van der Waals surface area contributed by atoms with E-state index < -0.39 is 0 Å². The van der Waals surface area contributed by atoms with Gasteiger partial charge in [-0.25, -0.2) is 0 Å². The quantitative estimate of drug-likeness (QED) is 0.209. The number of hydrogen-bond donors (Lipinski definition) is 0. The average Bonchev–Trinajstić information content (AvgIpc) is 3.78. The molecule has 2 aliphatic rings. The fourth-order valence-corrected chi connectivity index (χ4v) is 7.60. The lowest BCUT2D eigenvalue weighted by molar-refractivity contribution is 0.278. The molecule has 0 saturated carbocycles. The second-order valence-corrected chi connectivity index (χ2v) is 12.0. The van der Waals surface area contributed by atoms with Crippen LogP contribution in [0.15, 0.2) is 156 Å². The summed E-state index contributed by atoms with van der Waals surface area (Å²) in [7, 11) is 0. The van der Waals surface area contributed by atoms with Crippen LogP contribution in [0.2, 0.25) is 0 Å². The highest BCUT2D eigenvalue weighted by atomic mass is 16.5. The molecule has 0 bridgehead atoms. The number of furan rings is 1. The Morgan fingerprint density at radius 1 is 0.600 bits per heavy atom. The maximum absolute atomic E-state index is 6.77. The number of allylic oxidation sites excluding steroid dienone is 2. The molecule has 2 aromatic heterocycles. The topological polar surface area (TPSA) is 27.3 Å². The molecule has 0 N–H and O–H groups in total. The van der Waals surface area contributed by atoms with Gasteiger partial charge >= 0.3 is 0 Å². The van der Waals surface area contributed by atoms with Gasteiger partial charge in [0, 0.05) is 38.8 Å². The van der Waals surface area contributed by atoms with Crippen LogP contribution < -0.4 is 4.74 Å². The maximum Gasteiger partial charge on any atom is 0.143 e. The molecule has 10 rings (SSSR count). The van der Waals surface area contributed by atoms with Crippen molar-refractivity contribution in [3.63, 3.8) is 0 Å².